The molecule has 0 bridgehead atoms. The van der Waals surface area contributed by atoms with Crippen LogP contribution in [0, 0.1) is 6.92 Å². The van der Waals surface area contributed by atoms with E-state index in [9.17, 15) is 0 Å². The number of halogens is 1. The molecule has 0 N–H and O–H groups in total. The van der Waals surface area contributed by atoms with Crippen molar-refractivity contribution in [2.45, 2.75) is 20.5 Å². The SMILES string of the molecule is CCN(C)C=Nc1cc(C)c(Oc2nc(COc3ccccc3)ns2)cc1Cl. The molecule has 0 saturated heterocycles. The van der Waals surface area contributed by atoms with Crippen molar-refractivity contribution in [1.82, 2.24) is 14.3 Å². The molecule has 6 nitrogen and oxygen atoms in total. The zero-order valence-electron chi connectivity index (χ0n) is 15.9. The first kappa shape index (κ1) is 20.1. The number of hydrogen-bond acceptors (Lipinski definition) is 6. The van der Waals surface area contributed by atoms with Gasteiger partial charge in [0.1, 0.15) is 18.1 Å². The largest absolute Gasteiger partial charge is 0.486 e. The number of ether oxygens (including phenoxy) is 2. The van der Waals surface area contributed by atoms with E-state index >= 15 is 0 Å². The average molecular weight is 417 g/mol. The smallest absolute Gasteiger partial charge is 0.298 e. The molecule has 0 aliphatic rings. The quantitative estimate of drug-likeness (QED) is 0.359. The van der Waals surface area contributed by atoms with Crippen LogP contribution in [0.4, 0.5) is 5.69 Å². The molecular weight excluding hydrogens is 396 g/mol. The van der Waals surface area contributed by atoms with E-state index in [1.807, 2.05) is 55.3 Å². The lowest BCUT2D eigenvalue weighted by atomic mass is 10.2. The van der Waals surface area contributed by atoms with E-state index in [0.717, 1.165) is 17.9 Å². The number of benzene rings is 2. The second kappa shape index (κ2) is 9.52. The third-order valence-corrected chi connectivity index (χ3v) is 4.83. The highest BCUT2D eigenvalue weighted by Gasteiger charge is 2.11. The van der Waals surface area contributed by atoms with Gasteiger partial charge in [-0.05, 0) is 37.6 Å². The molecule has 146 valence electrons. The minimum Gasteiger partial charge on any atom is -0.486 e. The second-order valence-electron chi connectivity index (χ2n) is 6.07. The van der Waals surface area contributed by atoms with Gasteiger partial charge in [0.25, 0.3) is 5.19 Å². The first-order valence-electron chi connectivity index (χ1n) is 8.78. The standard InChI is InChI=1S/C20H21ClN4O2S/c1-4-25(3)13-22-17-10-14(2)18(11-16(17)21)27-20-23-19(24-28-20)12-26-15-8-6-5-7-9-15/h5-11,13H,4,12H2,1-3H3. The van der Waals surface area contributed by atoms with Gasteiger partial charge in [-0.2, -0.15) is 9.36 Å². The fourth-order valence-corrected chi connectivity index (χ4v) is 2.95. The Morgan fingerprint density at radius 2 is 2.04 bits per heavy atom. The van der Waals surface area contributed by atoms with Gasteiger partial charge in [0, 0.05) is 31.2 Å². The number of aromatic nitrogens is 2. The van der Waals surface area contributed by atoms with Gasteiger partial charge in [-0.15, -0.1) is 0 Å². The van der Waals surface area contributed by atoms with Gasteiger partial charge in [0.15, 0.2) is 5.82 Å². The maximum atomic E-state index is 6.35. The van der Waals surface area contributed by atoms with E-state index in [-0.39, 0.29) is 6.61 Å². The van der Waals surface area contributed by atoms with Crippen molar-refractivity contribution < 1.29 is 9.47 Å². The number of nitrogens with zero attached hydrogens (tertiary/aromatic N) is 4. The van der Waals surface area contributed by atoms with E-state index in [1.54, 1.807) is 12.4 Å². The predicted molar refractivity (Wildman–Crippen MR) is 113 cm³/mol. The van der Waals surface area contributed by atoms with Crippen LogP contribution in [0.25, 0.3) is 0 Å². The summed E-state index contributed by atoms with van der Waals surface area (Å²) in [5.74, 6) is 1.96. The third-order valence-electron chi connectivity index (χ3n) is 3.89. The Kier molecular flexibility index (Phi) is 6.84. The van der Waals surface area contributed by atoms with Crippen LogP contribution in [0.5, 0.6) is 16.7 Å². The summed E-state index contributed by atoms with van der Waals surface area (Å²) in [5, 5.41) is 0.950. The van der Waals surface area contributed by atoms with Gasteiger partial charge in [-0.3, -0.25) is 0 Å². The highest BCUT2D eigenvalue weighted by Crippen LogP contribution is 2.35. The maximum absolute atomic E-state index is 6.35. The molecule has 0 unspecified atom stereocenters. The van der Waals surface area contributed by atoms with E-state index in [4.69, 9.17) is 21.1 Å². The summed E-state index contributed by atoms with van der Waals surface area (Å²) in [6, 6.07) is 13.2. The Morgan fingerprint density at radius 3 is 2.79 bits per heavy atom. The number of aryl methyl sites for hydroxylation is 1. The number of rotatable bonds is 8. The van der Waals surface area contributed by atoms with Gasteiger partial charge in [0.2, 0.25) is 0 Å². The summed E-state index contributed by atoms with van der Waals surface area (Å²) < 4.78 is 15.8. The Balaban J connectivity index is 1.66. The molecule has 0 spiro atoms. The topological polar surface area (TPSA) is 59.8 Å². The highest BCUT2D eigenvalue weighted by molar-refractivity contribution is 7.07. The number of aliphatic imine (C=N–C) groups is 1. The molecule has 0 aliphatic heterocycles. The lowest BCUT2D eigenvalue weighted by molar-refractivity contribution is 0.296. The monoisotopic (exact) mass is 416 g/mol. The van der Waals surface area contributed by atoms with Crippen LogP contribution in [0.15, 0.2) is 47.5 Å². The lowest BCUT2D eigenvalue weighted by Gasteiger charge is -2.10. The first-order valence-corrected chi connectivity index (χ1v) is 9.93. The van der Waals surface area contributed by atoms with Gasteiger partial charge >= 0.3 is 0 Å². The Morgan fingerprint density at radius 1 is 1.25 bits per heavy atom. The van der Waals surface area contributed by atoms with Crippen molar-refractivity contribution in [3.8, 4) is 16.7 Å². The van der Waals surface area contributed by atoms with Crippen LogP contribution in [0.3, 0.4) is 0 Å². The molecule has 0 radical (unpaired) electrons. The van der Waals surface area contributed by atoms with Crippen LogP contribution >= 0.6 is 23.1 Å². The summed E-state index contributed by atoms with van der Waals surface area (Å²) in [4.78, 5) is 10.7. The van der Waals surface area contributed by atoms with Gasteiger partial charge in [-0.1, -0.05) is 29.8 Å². The summed E-state index contributed by atoms with van der Waals surface area (Å²) in [6.07, 6.45) is 1.75. The number of para-hydroxylation sites is 1. The number of hydrogen-bond donors (Lipinski definition) is 0. The molecule has 3 aromatic rings. The van der Waals surface area contributed by atoms with Gasteiger partial charge in [-0.25, -0.2) is 4.99 Å². The van der Waals surface area contributed by atoms with Crippen LogP contribution < -0.4 is 9.47 Å². The normalized spacial score (nSPS) is 11.0. The molecule has 3 rings (SSSR count). The van der Waals surface area contributed by atoms with Crippen LogP contribution in [-0.4, -0.2) is 34.2 Å². The molecule has 0 saturated carbocycles. The van der Waals surface area contributed by atoms with Crippen LogP contribution in [-0.2, 0) is 6.61 Å². The Labute approximate surface area is 173 Å². The molecule has 28 heavy (non-hydrogen) atoms. The molecule has 0 amide bonds. The van der Waals surface area contributed by atoms with E-state index in [1.165, 1.54) is 11.5 Å². The van der Waals surface area contributed by atoms with E-state index < -0.39 is 0 Å². The molecule has 8 heteroatoms. The van der Waals surface area contributed by atoms with Crippen LogP contribution in [0.2, 0.25) is 5.02 Å². The lowest BCUT2D eigenvalue weighted by Crippen LogP contribution is -2.14. The van der Waals surface area contributed by atoms with Crippen molar-refractivity contribution in [1.29, 1.82) is 0 Å². The zero-order chi connectivity index (χ0) is 19.9. The van der Waals surface area contributed by atoms with Crippen molar-refractivity contribution >= 4 is 35.2 Å². The van der Waals surface area contributed by atoms with E-state index in [2.05, 4.69) is 21.3 Å². The molecular formula is C20H21ClN4O2S. The van der Waals surface area contributed by atoms with Gasteiger partial charge in [0.05, 0.1) is 17.0 Å². The zero-order valence-corrected chi connectivity index (χ0v) is 17.5. The first-order chi connectivity index (χ1) is 13.5. The van der Waals surface area contributed by atoms with E-state index in [0.29, 0.717) is 27.5 Å². The minimum atomic E-state index is 0.280. The fourth-order valence-electron chi connectivity index (χ4n) is 2.20. The predicted octanol–water partition coefficient (Wildman–Crippen LogP) is 5.48. The molecule has 0 aliphatic carbocycles. The average Bonchev–Trinajstić information content (AvgIpc) is 3.15. The molecule has 2 aromatic carbocycles. The molecule has 0 atom stereocenters. The maximum Gasteiger partial charge on any atom is 0.298 e. The van der Waals surface area contributed by atoms with Crippen LogP contribution in [0.1, 0.15) is 18.3 Å². The highest BCUT2D eigenvalue weighted by atomic mass is 35.5. The summed E-state index contributed by atoms with van der Waals surface area (Å²) in [5.41, 5.74) is 1.61. The van der Waals surface area contributed by atoms with Crippen molar-refractivity contribution in [3.63, 3.8) is 0 Å². The van der Waals surface area contributed by atoms with Gasteiger partial charge < -0.3 is 14.4 Å². The second-order valence-corrected chi connectivity index (χ2v) is 7.19. The van der Waals surface area contributed by atoms with Crippen molar-refractivity contribution in [2.75, 3.05) is 13.6 Å². The third kappa shape index (κ3) is 5.43. The fraction of sp³-hybridized carbons (Fsp3) is 0.250. The Bertz CT molecular complexity index is 947. The minimum absolute atomic E-state index is 0.280. The summed E-state index contributed by atoms with van der Waals surface area (Å²) >= 11 is 7.52. The van der Waals surface area contributed by atoms with Crippen molar-refractivity contribution in [3.05, 3.63) is 58.9 Å². The molecule has 1 heterocycles. The molecule has 1 aromatic heterocycles. The Hall–Kier alpha value is -2.64. The summed E-state index contributed by atoms with van der Waals surface area (Å²) in [7, 11) is 1.95. The van der Waals surface area contributed by atoms with Crippen molar-refractivity contribution in [2.24, 2.45) is 4.99 Å². The molecule has 0 fully saturated rings. The summed E-state index contributed by atoms with van der Waals surface area (Å²) in [6.45, 7) is 5.14.